The van der Waals surface area contributed by atoms with E-state index in [0.717, 1.165) is 19.5 Å². The van der Waals surface area contributed by atoms with E-state index in [4.69, 9.17) is 10.2 Å². The first-order valence-electron chi connectivity index (χ1n) is 3.77. The van der Waals surface area contributed by atoms with Gasteiger partial charge in [-0.1, -0.05) is 0 Å². The van der Waals surface area contributed by atoms with Crippen LogP contribution in [0, 0.1) is 5.92 Å². The number of carboxylic acids is 1. The van der Waals surface area contributed by atoms with Crippen molar-refractivity contribution >= 4 is 5.97 Å². The van der Waals surface area contributed by atoms with Crippen molar-refractivity contribution in [3.63, 3.8) is 0 Å². The summed E-state index contributed by atoms with van der Waals surface area (Å²) in [5.41, 5.74) is 0. The Morgan fingerprint density at radius 1 is 1.64 bits per heavy atom. The van der Waals surface area contributed by atoms with Gasteiger partial charge in [-0.3, -0.25) is 9.69 Å². The van der Waals surface area contributed by atoms with Gasteiger partial charge in [-0.25, -0.2) is 0 Å². The second-order valence-corrected chi connectivity index (χ2v) is 2.97. The zero-order valence-corrected chi connectivity index (χ0v) is 6.36. The summed E-state index contributed by atoms with van der Waals surface area (Å²) < 4.78 is 0. The minimum Gasteiger partial charge on any atom is -0.480 e. The molecule has 1 heterocycles. The average Bonchev–Trinajstić information content (AvgIpc) is 2.34. The summed E-state index contributed by atoms with van der Waals surface area (Å²) in [6.45, 7) is 1.81. The highest BCUT2D eigenvalue weighted by atomic mass is 16.4. The van der Waals surface area contributed by atoms with Gasteiger partial charge in [-0.2, -0.15) is 0 Å². The molecule has 0 bridgehead atoms. The predicted octanol–water partition coefficient (Wildman–Crippen LogP) is -0.615. The Balaban J connectivity index is 2.24. The summed E-state index contributed by atoms with van der Waals surface area (Å²) in [7, 11) is 0. The number of aliphatic hydroxyl groups excluding tert-OH is 1. The van der Waals surface area contributed by atoms with Gasteiger partial charge in [-0.05, 0) is 18.9 Å². The van der Waals surface area contributed by atoms with E-state index in [1.165, 1.54) is 0 Å². The molecule has 0 amide bonds. The molecule has 1 saturated heterocycles. The molecule has 1 atom stereocenters. The molecule has 0 radical (unpaired) electrons. The second-order valence-electron chi connectivity index (χ2n) is 2.97. The SMILES string of the molecule is O=C(O)CN1CC[C@@H](CO)C1. The van der Waals surface area contributed by atoms with Crippen LogP contribution in [0.25, 0.3) is 0 Å². The lowest BCUT2D eigenvalue weighted by molar-refractivity contribution is -0.138. The van der Waals surface area contributed by atoms with Crippen molar-refractivity contribution in [1.29, 1.82) is 0 Å². The first-order chi connectivity index (χ1) is 5.22. The molecule has 0 aromatic rings. The van der Waals surface area contributed by atoms with Gasteiger partial charge >= 0.3 is 5.97 Å². The fraction of sp³-hybridized carbons (Fsp3) is 0.857. The third-order valence-corrected chi connectivity index (χ3v) is 1.99. The van der Waals surface area contributed by atoms with Gasteiger partial charge in [0.05, 0.1) is 6.54 Å². The van der Waals surface area contributed by atoms with Crippen molar-refractivity contribution in [3.8, 4) is 0 Å². The maximum absolute atomic E-state index is 10.2. The van der Waals surface area contributed by atoms with Gasteiger partial charge in [0.15, 0.2) is 0 Å². The van der Waals surface area contributed by atoms with Gasteiger partial charge in [0.1, 0.15) is 0 Å². The molecule has 2 N–H and O–H groups in total. The lowest BCUT2D eigenvalue weighted by Gasteiger charge is -2.11. The van der Waals surface area contributed by atoms with Crippen LogP contribution >= 0.6 is 0 Å². The van der Waals surface area contributed by atoms with Crippen molar-refractivity contribution in [1.82, 2.24) is 4.90 Å². The van der Waals surface area contributed by atoms with Crippen molar-refractivity contribution in [3.05, 3.63) is 0 Å². The molecule has 1 aliphatic heterocycles. The normalized spacial score (nSPS) is 25.7. The number of hydrogen-bond acceptors (Lipinski definition) is 3. The Morgan fingerprint density at radius 2 is 2.36 bits per heavy atom. The third kappa shape index (κ3) is 2.48. The highest BCUT2D eigenvalue weighted by Crippen LogP contribution is 2.14. The van der Waals surface area contributed by atoms with Gasteiger partial charge in [0, 0.05) is 13.2 Å². The topological polar surface area (TPSA) is 60.8 Å². The molecule has 0 aromatic heterocycles. The summed E-state index contributed by atoms with van der Waals surface area (Å²) in [5.74, 6) is -0.502. The maximum Gasteiger partial charge on any atom is 0.317 e. The Morgan fingerprint density at radius 3 is 2.82 bits per heavy atom. The van der Waals surface area contributed by atoms with Crippen LogP contribution in [0.15, 0.2) is 0 Å². The molecular formula is C7H13NO3. The van der Waals surface area contributed by atoms with E-state index >= 15 is 0 Å². The summed E-state index contributed by atoms with van der Waals surface area (Å²) in [5, 5.41) is 17.2. The zero-order valence-electron chi connectivity index (χ0n) is 6.36. The fourth-order valence-corrected chi connectivity index (χ4v) is 1.40. The Kier molecular flexibility index (Phi) is 2.84. The Bertz CT molecular complexity index is 149. The lowest BCUT2D eigenvalue weighted by Crippen LogP contribution is -2.27. The molecule has 11 heavy (non-hydrogen) atoms. The van der Waals surface area contributed by atoms with Crippen LogP contribution in [0.1, 0.15) is 6.42 Å². The van der Waals surface area contributed by atoms with Gasteiger partial charge in [-0.15, -0.1) is 0 Å². The van der Waals surface area contributed by atoms with E-state index in [2.05, 4.69) is 0 Å². The van der Waals surface area contributed by atoms with Crippen molar-refractivity contribution in [2.75, 3.05) is 26.2 Å². The quantitative estimate of drug-likeness (QED) is 0.576. The van der Waals surface area contributed by atoms with Crippen LogP contribution in [-0.4, -0.2) is 47.3 Å². The summed E-state index contributed by atoms with van der Waals surface area (Å²) in [6, 6.07) is 0. The molecule has 0 aromatic carbocycles. The lowest BCUT2D eigenvalue weighted by atomic mass is 10.1. The van der Waals surface area contributed by atoms with Crippen LogP contribution in [0.5, 0.6) is 0 Å². The number of carbonyl (C=O) groups is 1. The molecular weight excluding hydrogens is 146 g/mol. The van der Waals surface area contributed by atoms with Gasteiger partial charge in [0.25, 0.3) is 0 Å². The number of aliphatic hydroxyl groups is 1. The Labute approximate surface area is 65.4 Å². The third-order valence-electron chi connectivity index (χ3n) is 1.99. The second kappa shape index (κ2) is 3.69. The van der Waals surface area contributed by atoms with Gasteiger partial charge < -0.3 is 10.2 Å². The molecule has 64 valence electrons. The fourth-order valence-electron chi connectivity index (χ4n) is 1.40. The van der Waals surface area contributed by atoms with E-state index in [1.54, 1.807) is 0 Å². The number of aliphatic carboxylic acids is 1. The minimum absolute atomic E-state index is 0.108. The van der Waals surface area contributed by atoms with E-state index in [0.29, 0.717) is 0 Å². The highest BCUT2D eigenvalue weighted by Gasteiger charge is 2.22. The van der Waals surface area contributed by atoms with E-state index < -0.39 is 5.97 Å². The first-order valence-corrected chi connectivity index (χ1v) is 3.77. The van der Waals surface area contributed by atoms with Crippen LogP contribution in [0.3, 0.4) is 0 Å². The van der Waals surface area contributed by atoms with Gasteiger partial charge in [0.2, 0.25) is 0 Å². The zero-order chi connectivity index (χ0) is 8.27. The molecule has 1 rings (SSSR count). The molecule has 0 saturated carbocycles. The van der Waals surface area contributed by atoms with Crippen molar-refractivity contribution in [2.45, 2.75) is 6.42 Å². The molecule has 0 aliphatic carbocycles. The molecule has 0 spiro atoms. The minimum atomic E-state index is -0.788. The van der Waals surface area contributed by atoms with Crippen LogP contribution in [-0.2, 0) is 4.79 Å². The standard InChI is InChI=1S/C7H13NO3/c9-5-6-1-2-8(3-6)4-7(10)11/h6,9H,1-5H2,(H,10,11)/t6-/m1/s1. The van der Waals surface area contributed by atoms with Crippen molar-refractivity contribution < 1.29 is 15.0 Å². The largest absolute Gasteiger partial charge is 0.480 e. The van der Waals surface area contributed by atoms with Crippen molar-refractivity contribution in [2.24, 2.45) is 5.92 Å². The number of rotatable bonds is 3. The van der Waals surface area contributed by atoms with E-state index in [-0.39, 0.29) is 19.1 Å². The molecule has 4 nitrogen and oxygen atoms in total. The molecule has 0 unspecified atom stereocenters. The average molecular weight is 159 g/mol. The molecule has 1 aliphatic rings. The monoisotopic (exact) mass is 159 g/mol. The Hall–Kier alpha value is -0.610. The number of carboxylic acid groups (broad SMARTS) is 1. The summed E-state index contributed by atoms with van der Waals surface area (Å²) in [4.78, 5) is 12.1. The van der Waals surface area contributed by atoms with Crippen LogP contribution < -0.4 is 0 Å². The maximum atomic E-state index is 10.2. The van der Waals surface area contributed by atoms with E-state index in [9.17, 15) is 4.79 Å². The molecule has 1 fully saturated rings. The molecule has 4 heteroatoms. The highest BCUT2D eigenvalue weighted by molar-refractivity contribution is 5.69. The number of hydrogen-bond donors (Lipinski definition) is 2. The van der Waals surface area contributed by atoms with E-state index in [1.807, 2.05) is 4.90 Å². The number of nitrogens with zero attached hydrogens (tertiary/aromatic N) is 1. The first kappa shape index (κ1) is 8.49. The summed E-state index contributed by atoms with van der Waals surface area (Å²) in [6.07, 6.45) is 0.920. The van der Waals surface area contributed by atoms with Crippen LogP contribution in [0.2, 0.25) is 0 Å². The predicted molar refractivity (Wildman–Crippen MR) is 39.3 cm³/mol. The summed E-state index contributed by atoms with van der Waals surface area (Å²) >= 11 is 0. The number of likely N-dealkylation sites (tertiary alicyclic amines) is 1. The smallest absolute Gasteiger partial charge is 0.317 e. The van der Waals surface area contributed by atoms with Crippen LogP contribution in [0.4, 0.5) is 0 Å².